The number of carbonyl (C=O) groups excluding carboxylic acids is 2. The van der Waals surface area contributed by atoms with E-state index < -0.39 is 23.4 Å². The molecule has 0 bridgehead atoms. The van der Waals surface area contributed by atoms with Crippen molar-refractivity contribution in [3.8, 4) is 0 Å². The van der Waals surface area contributed by atoms with Crippen LogP contribution in [0.3, 0.4) is 0 Å². The minimum atomic E-state index is -0.535. The summed E-state index contributed by atoms with van der Waals surface area (Å²) < 4.78 is 10.6. The SMILES string of the molecule is CC(C)(C)OC(=O)N[C@H]1CCCC[C@@H]1NC(=O)OC(C)(C)C. The first kappa shape index (κ1) is 18.6. The van der Waals surface area contributed by atoms with Crippen molar-refractivity contribution >= 4 is 12.2 Å². The van der Waals surface area contributed by atoms with Crippen molar-refractivity contribution < 1.29 is 19.1 Å². The molecule has 2 atom stereocenters. The molecule has 0 heterocycles. The van der Waals surface area contributed by atoms with Gasteiger partial charge in [-0.15, -0.1) is 0 Å². The molecular weight excluding hydrogens is 284 g/mol. The van der Waals surface area contributed by atoms with Crippen LogP contribution in [-0.2, 0) is 9.47 Å². The van der Waals surface area contributed by atoms with Gasteiger partial charge in [0, 0.05) is 0 Å². The lowest BCUT2D eigenvalue weighted by Gasteiger charge is -2.33. The summed E-state index contributed by atoms with van der Waals surface area (Å²) in [5, 5.41) is 5.72. The topological polar surface area (TPSA) is 76.7 Å². The lowest BCUT2D eigenvalue weighted by molar-refractivity contribution is 0.0407. The molecule has 1 rings (SSSR count). The molecular formula is C16H30N2O4. The maximum atomic E-state index is 11.9. The van der Waals surface area contributed by atoms with Gasteiger partial charge in [-0.25, -0.2) is 9.59 Å². The van der Waals surface area contributed by atoms with Gasteiger partial charge in [-0.05, 0) is 54.4 Å². The highest BCUT2D eigenvalue weighted by molar-refractivity contribution is 5.70. The first-order chi connectivity index (χ1) is 9.96. The van der Waals surface area contributed by atoms with Gasteiger partial charge in [0.1, 0.15) is 11.2 Å². The van der Waals surface area contributed by atoms with E-state index in [9.17, 15) is 9.59 Å². The highest BCUT2D eigenvalue weighted by atomic mass is 16.6. The second-order valence-corrected chi connectivity index (χ2v) is 7.79. The quantitative estimate of drug-likeness (QED) is 0.819. The van der Waals surface area contributed by atoms with Gasteiger partial charge >= 0.3 is 12.2 Å². The summed E-state index contributed by atoms with van der Waals surface area (Å²) in [5.41, 5.74) is -1.07. The summed E-state index contributed by atoms with van der Waals surface area (Å²) in [6, 6.07) is -0.257. The number of hydrogen-bond donors (Lipinski definition) is 2. The molecule has 6 heteroatoms. The summed E-state index contributed by atoms with van der Waals surface area (Å²) in [6.45, 7) is 10.9. The molecule has 0 radical (unpaired) electrons. The van der Waals surface area contributed by atoms with Crippen LogP contribution in [-0.4, -0.2) is 35.5 Å². The summed E-state index contributed by atoms with van der Waals surface area (Å²) in [6.07, 6.45) is 2.78. The average molecular weight is 314 g/mol. The highest BCUT2D eigenvalue weighted by Gasteiger charge is 2.30. The summed E-state index contributed by atoms with van der Waals surface area (Å²) in [5.74, 6) is 0. The van der Waals surface area contributed by atoms with Gasteiger partial charge in [-0.2, -0.15) is 0 Å². The summed E-state index contributed by atoms with van der Waals surface area (Å²) >= 11 is 0. The van der Waals surface area contributed by atoms with Gasteiger partial charge in [-0.1, -0.05) is 12.8 Å². The minimum absolute atomic E-state index is 0.129. The minimum Gasteiger partial charge on any atom is -0.444 e. The second-order valence-electron chi connectivity index (χ2n) is 7.79. The molecule has 1 aliphatic carbocycles. The van der Waals surface area contributed by atoms with Crippen molar-refractivity contribution in [1.82, 2.24) is 10.6 Å². The van der Waals surface area contributed by atoms with Crippen molar-refractivity contribution in [2.75, 3.05) is 0 Å². The molecule has 0 aromatic heterocycles. The van der Waals surface area contributed by atoms with Crippen LogP contribution < -0.4 is 10.6 Å². The third-order valence-electron chi connectivity index (χ3n) is 3.17. The Morgan fingerprint density at radius 1 is 0.773 bits per heavy atom. The van der Waals surface area contributed by atoms with E-state index in [2.05, 4.69) is 10.6 Å². The van der Waals surface area contributed by atoms with Crippen LogP contribution in [0, 0.1) is 0 Å². The van der Waals surface area contributed by atoms with Crippen molar-refractivity contribution in [2.24, 2.45) is 0 Å². The van der Waals surface area contributed by atoms with E-state index in [0.29, 0.717) is 0 Å². The first-order valence-corrected chi connectivity index (χ1v) is 7.95. The molecule has 0 saturated heterocycles. The van der Waals surface area contributed by atoms with Crippen molar-refractivity contribution in [2.45, 2.75) is 90.5 Å². The Bertz CT molecular complexity index is 358. The Morgan fingerprint density at radius 2 is 1.09 bits per heavy atom. The van der Waals surface area contributed by atoms with Gasteiger partial charge in [0.05, 0.1) is 12.1 Å². The number of ether oxygens (including phenoxy) is 2. The van der Waals surface area contributed by atoms with Crippen molar-refractivity contribution in [1.29, 1.82) is 0 Å². The zero-order chi connectivity index (χ0) is 17.0. The van der Waals surface area contributed by atoms with Crippen LogP contribution in [0.4, 0.5) is 9.59 Å². The number of carbonyl (C=O) groups is 2. The largest absolute Gasteiger partial charge is 0.444 e. The van der Waals surface area contributed by atoms with Gasteiger partial charge in [-0.3, -0.25) is 0 Å². The number of hydrogen-bond acceptors (Lipinski definition) is 4. The van der Waals surface area contributed by atoms with E-state index in [1.54, 1.807) is 0 Å². The predicted molar refractivity (Wildman–Crippen MR) is 84.8 cm³/mol. The molecule has 0 aliphatic heterocycles. The molecule has 6 nitrogen and oxygen atoms in total. The molecule has 0 spiro atoms. The molecule has 22 heavy (non-hydrogen) atoms. The monoisotopic (exact) mass is 314 g/mol. The molecule has 2 N–H and O–H groups in total. The molecule has 1 saturated carbocycles. The molecule has 1 aliphatic rings. The molecule has 128 valence electrons. The zero-order valence-corrected chi connectivity index (χ0v) is 14.6. The van der Waals surface area contributed by atoms with Crippen LogP contribution in [0.25, 0.3) is 0 Å². The van der Waals surface area contributed by atoms with Crippen LogP contribution in [0.5, 0.6) is 0 Å². The Kier molecular flexibility index (Phi) is 6.08. The maximum absolute atomic E-state index is 11.9. The molecule has 2 amide bonds. The van der Waals surface area contributed by atoms with Crippen LogP contribution in [0.1, 0.15) is 67.2 Å². The summed E-state index contributed by atoms with van der Waals surface area (Å²) in [7, 11) is 0. The smallest absolute Gasteiger partial charge is 0.407 e. The Labute approximate surface area is 133 Å². The van der Waals surface area contributed by atoms with E-state index in [-0.39, 0.29) is 12.1 Å². The molecule has 0 aromatic rings. The van der Waals surface area contributed by atoms with Crippen LogP contribution >= 0.6 is 0 Å². The Balaban J connectivity index is 2.56. The normalized spacial score (nSPS) is 22.6. The molecule has 1 fully saturated rings. The van der Waals surface area contributed by atoms with E-state index in [1.165, 1.54) is 0 Å². The fourth-order valence-electron chi connectivity index (χ4n) is 2.39. The van der Waals surface area contributed by atoms with E-state index in [1.807, 2.05) is 41.5 Å². The number of amides is 2. The average Bonchev–Trinajstić information content (AvgIpc) is 2.26. The molecule has 0 unspecified atom stereocenters. The van der Waals surface area contributed by atoms with Gasteiger partial charge in [0.15, 0.2) is 0 Å². The van der Waals surface area contributed by atoms with E-state index >= 15 is 0 Å². The highest BCUT2D eigenvalue weighted by Crippen LogP contribution is 2.20. The standard InChI is InChI=1S/C16H30N2O4/c1-15(2,3)21-13(19)17-11-9-7-8-10-12(11)18-14(20)22-16(4,5)6/h11-12H,7-10H2,1-6H3,(H,17,19)(H,18,20)/t11-,12-/m0/s1. The van der Waals surface area contributed by atoms with Crippen LogP contribution in [0.15, 0.2) is 0 Å². The second kappa shape index (κ2) is 7.20. The van der Waals surface area contributed by atoms with Crippen molar-refractivity contribution in [3.63, 3.8) is 0 Å². The summed E-state index contributed by atoms with van der Waals surface area (Å²) in [4.78, 5) is 23.8. The van der Waals surface area contributed by atoms with Gasteiger partial charge in [0.2, 0.25) is 0 Å². The molecule has 0 aromatic carbocycles. The van der Waals surface area contributed by atoms with Crippen molar-refractivity contribution in [3.05, 3.63) is 0 Å². The number of nitrogens with one attached hydrogen (secondary N) is 2. The van der Waals surface area contributed by atoms with Gasteiger partial charge < -0.3 is 20.1 Å². The fourth-order valence-corrected chi connectivity index (χ4v) is 2.39. The third-order valence-corrected chi connectivity index (χ3v) is 3.17. The number of rotatable bonds is 2. The zero-order valence-electron chi connectivity index (χ0n) is 14.6. The van der Waals surface area contributed by atoms with E-state index in [0.717, 1.165) is 25.7 Å². The van der Waals surface area contributed by atoms with Gasteiger partial charge in [0.25, 0.3) is 0 Å². The third kappa shape index (κ3) is 7.52. The fraction of sp³-hybridized carbons (Fsp3) is 0.875. The first-order valence-electron chi connectivity index (χ1n) is 7.95. The Hall–Kier alpha value is -1.46. The lowest BCUT2D eigenvalue weighted by atomic mass is 9.90. The predicted octanol–water partition coefficient (Wildman–Crippen LogP) is 3.35. The maximum Gasteiger partial charge on any atom is 0.407 e. The van der Waals surface area contributed by atoms with E-state index in [4.69, 9.17) is 9.47 Å². The number of alkyl carbamates (subject to hydrolysis) is 2. The lowest BCUT2D eigenvalue weighted by Crippen LogP contribution is -2.54. The van der Waals surface area contributed by atoms with Crippen LogP contribution in [0.2, 0.25) is 0 Å². The Morgan fingerprint density at radius 3 is 1.36 bits per heavy atom.